The van der Waals surface area contributed by atoms with Crippen molar-refractivity contribution >= 4 is 0 Å². The number of hydrogen-bond donors (Lipinski definition) is 0. The van der Waals surface area contributed by atoms with Gasteiger partial charge >= 0.3 is 0 Å². The smallest absolute Gasteiger partial charge is 0.0696 e. The second-order valence-electron chi connectivity index (χ2n) is 0.986. The van der Waals surface area contributed by atoms with Crippen LogP contribution in [0.25, 0.3) is 0 Å². The molecule has 0 atom stereocenters. The van der Waals surface area contributed by atoms with E-state index in [1.807, 2.05) is 0 Å². The molecule has 0 aromatic carbocycles. The van der Waals surface area contributed by atoms with Gasteiger partial charge in [-0.2, -0.15) is 0 Å². The van der Waals surface area contributed by atoms with Crippen molar-refractivity contribution in [1.29, 1.82) is 0 Å². The van der Waals surface area contributed by atoms with E-state index < -0.39 is 0 Å². The minimum atomic E-state index is 0. The maximum absolute atomic E-state index is 4.66. The average molecular weight is 216 g/mol. The van der Waals surface area contributed by atoms with Crippen LogP contribution in [0.5, 0.6) is 0 Å². The van der Waals surface area contributed by atoms with Crippen molar-refractivity contribution in [3.8, 4) is 0 Å². The molecule has 0 saturated carbocycles. The van der Waals surface area contributed by atoms with Gasteiger partial charge in [0.1, 0.15) is 0 Å². The van der Waals surface area contributed by atoms with Crippen LogP contribution in [0.15, 0.2) is 0 Å². The van der Waals surface area contributed by atoms with E-state index in [9.17, 15) is 0 Å². The van der Waals surface area contributed by atoms with Gasteiger partial charge in [0.15, 0.2) is 0 Å². The van der Waals surface area contributed by atoms with Crippen molar-refractivity contribution < 1.29 is 37.3 Å². The molecule has 2 N–H and O–H groups in total. The SMILES string of the molecule is COCCOC.O.[Ag]. The summed E-state index contributed by atoms with van der Waals surface area (Å²) < 4.78 is 9.31. The van der Waals surface area contributed by atoms with Crippen LogP contribution in [-0.4, -0.2) is 32.9 Å². The molecule has 0 aromatic heterocycles. The van der Waals surface area contributed by atoms with E-state index in [-0.39, 0.29) is 27.9 Å². The van der Waals surface area contributed by atoms with Crippen LogP contribution in [0.3, 0.4) is 0 Å². The summed E-state index contributed by atoms with van der Waals surface area (Å²) in [6.45, 7) is 1.38. The third-order valence-electron chi connectivity index (χ3n) is 0.492. The van der Waals surface area contributed by atoms with Crippen molar-refractivity contribution in [2.45, 2.75) is 0 Å². The standard InChI is InChI=1S/C4H10O2.Ag.H2O/c1-5-3-4-6-2;;/h3-4H2,1-2H3;;1H2. The Kier molecular flexibility index (Phi) is 31.0. The van der Waals surface area contributed by atoms with Crippen molar-refractivity contribution in [1.82, 2.24) is 0 Å². The fourth-order valence-corrected chi connectivity index (χ4v) is 0.167. The number of methoxy groups -OCH3 is 2. The normalized spacial score (nSPS) is 6.75. The first kappa shape index (κ1) is 15.8. The topological polar surface area (TPSA) is 50.0 Å². The predicted molar refractivity (Wildman–Crippen MR) is 27.4 cm³/mol. The number of rotatable bonds is 3. The molecule has 0 heterocycles. The van der Waals surface area contributed by atoms with Crippen LogP contribution in [0, 0.1) is 0 Å². The zero-order valence-corrected chi connectivity index (χ0v) is 6.51. The van der Waals surface area contributed by atoms with Crippen LogP contribution < -0.4 is 0 Å². The van der Waals surface area contributed by atoms with Gasteiger partial charge in [-0.05, 0) is 0 Å². The molecule has 0 spiro atoms. The molecule has 0 aromatic rings. The molecule has 0 aliphatic rings. The molecule has 0 unspecified atom stereocenters. The van der Waals surface area contributed by atoms with Crippen LogP contribution in [0.1, 0.15) is 0 Å². The largest absolute Gasteiger partial charge is 0.412 e. The molecule has 8 heavy (non-hydrogen) atoms. The summed E-state index contributed by atoms with van der Waals surface area (Å²) in [5.74, 6) is 0. The molecule has 0 amide bonds. The summed E-state index contributed by atoms with van der Waals surface area (Å²) in [7, 11) is 3.30. The zero-order chi connectivity index (χ0) is 4.83. The fraction of sp³-hybridized carbons (Fsp3) is 1.00. The van der Waals surface area contributed by atoms with E-state index in [2.05, 4.69) is 9.47 Å². The minimum absolute atomic E-state index is 0. The Bertz CT molecular complexity index is 23.2. The van der Waals surface area contributed by atoms with Gasteiger partial charge in [0.2, 0.25) is 0 Å². The summed E-state index contributed by atoms with van der Waals surface area (Å²) in [5, 5.41) is 0. The molecule has 3 nitrogen and oxygen atoms in total. The Hall–Kier alpha value is 0.620. The minimum Gasteiger partial charge on any atom is -0.412 e. The molecule has 0 aliphatic carbocycles. The Balaban J connectivity index is -0.000000125. The summed E-state index contributed by atoms with van der Waals surface area (Å²) in [4.78, 5) is 0. The summed E-state index contributed by atoms with van der Waals surface area (Å²) in [6.07, 6.45) is 0. The second-order valence-corrected chi connectivity index (χ2v) is 0.986. The van der Waals surface area contributed by atoms with E-state index in [1.165, 1.54) is 0 Å². The summed E-state index contributed by atoms with van der Waals surface area (Å²) in [5.41, 5.74) is 0. The van der Waals surface area contributed by atoms with E-state index in [1.54, 1.807) is 14.2 Å². The molecule has 1 radical (unpaired) electrons. The first-order valence-electron chi connectivity index (χ1n) is 1.89. The molecule has 57 valence electrons. The quantitative estimate of drug-likeness (QED) is 0.469. The fourth-order valence-electron chi connectivity index (χ4n) is 0.167. The van der Waals surface area contributed by atoms with Crippen molar-refractivity contribution in [2.75, 3.05) is 27.4 Å². The van der Waals surface area contributed by atoms with Gasteiger partial charge in [-0.15, -0.1) is 0 Å². The Morgan fingerprint density at radius 3 is 1.38 bits per heavy atom. The van der Waals surface area contributed by atoms with Crippen LogP contribution in [0.2, 0.25) is 0 Å². The number of ether oxygens (including phenoxy) is 2. The number of hydrogen-bond acceptors (Lipinski definition) is 2. The third-order valence-corrected chi connectivity index (χ3v) is 0.492. The van der Waals surface area contributed by atoms with Crippen molar-refractivity contribution in [2.24, 2.45) is 0 Å². The van der Waals surface area contributed by atoms with Gasteiger partial charge in [-0.25, -0.2) is 0 Å². The van der Waals surface area contributed by atoms with E-state index in [4.69, 9.17) is 0 Å². The van der Waals surface area contributed by atoms with Gasteiger partial charge in [-0.3, -0.25) is 0 Å². The molecule has 0 saturated heterocycles. The molecular weight excluding hydrogens is 204 g/mol. The Morgan fingerprint density at radius 2 is 1.25 bits per heavy atom. The third kappa shape index (κ3) is 16.0. The summed E-state index contributed by atoms with van der Waals surface area (Å²) in [6, 6.07) is 0. The van der Waals surface area contributed by atoms with Crippen molar-refractivity contribution in [3.05, 3.63) is 0 Å². The van der Waals surface area contributed by atoms with Gasteiger partial charge in [0.05, 0.1) is 13.2 Å². The van der Waals surface area contributed by atoms with Crippen LogP contribution in [0.4, 0.5) is 0 Å². The second kappa shape index (κ2) is 15.6. The Morgan fingerprint density at radius 1 is 1.00 bits per heavy atom. The van der Waals surface area contributed by atoms with E-state index >= 15 is 0 Å². The van der Waals surface area contributed by atoms with Gasteiger partial charge in [0, 0.05) is 36.6 Å². The Labute approximate surface area is 65.2 Å². The van der Waals surface area contributed by atoms with E-state index in [0.29, 0.717) is 13.2 Å². The molecule has 0 fully saturated rings. The van der Waals surface area contributed by atoms with Gasteiger partial charge in [0.25, 0.3) is 0 Å². The van der Waals surface area contributed by atoms with Gasteiger partial charge < -0.3 is 14.9 Å². The predicted octanol–water partition coefficient (Wildman–Crippen LogP) is -0.548. The maximum Gasteiger partial charge on any atom is 0.0696 e. The van der Waals surface area contributed by atoms with Crippen LogP contribution >= 0.6 is 0 Å². The average Bonchev–Trinajstić information content (AvgIpc) is 1.61. The summed E-state index contributed by atoms with van der Waals surface area (Å²) >= 11 is 0. The first-order valence-corrected chi connectivity index (χ1v) is 1.89. The first-order chi connectivity index (χ1) is 2.91. The van der Waals surface area contributed by atoms with E-state index in [0.717, 1.165) is 0 Å². The monoisotopic (exact) mass is 215 g/mol. The van der Waals surface area contributed by atoms with Crippen LogP contribution in [-0.2, 0) is 31.9 Å². The van der Waals surface area contributed by atoms with Gasteiger partial charge in [-0.1, -0.05) is 0 Å². The maximum atomic E-state index is 4.66. The molecule has 4 heteroatoms. The molecule has 0 aliphatic heterocycles. The molecular formula is C4H12AgO3. The molecule has 0 bridgehead atoms. The molecule has 0 rings (SSSR count). The zero-order valence-electron chi connectivity index (χ0n) is 5.03. The van der Waals surface area contributed by atoms with Crippen molar-refractivity contribution in [3.63, 3.8) is 0 Å².